The van der Waals surface area contributed by atoms with Gasteiger partial charge in [-0.2, -0.15) is 0 Å². The Kier molecular flexibility index (Phi) is 4.44. The van der Waals surface area contributed by atoms with Crippen LogP contribution in [0.4, 0.5) is 0 Å². The van der Waals surface area contributed by atoms with Gasteiger partial charge in [-0.1, -0.05) is 13.0 Å². The molecule has 1 saturated carbocycles. The molecule has 2 fully saturated rings. The Hall–Kier alpha value is -0.830. The molecule has 0 aromatic rings. The van der Waals surface area contributed by atoms with Crippen molar-refractivity contribution in [2.75, 3.05) is 19.6 Å². The van der Waals surface area contributed by atoms with E-state index in [9.17, 15) is 4.79 Å². The third-order valence-corrected chi connectivity index (χ3v) is 3.99. The second kappa shape index (κ2) is 5.87. The van der Waals surface area contributed by atoms with Gasteiger partial charge in [-0.05, 0) is 39.0 Å². The molecule has 1 heterocycles. The zero-order valence-electron chi connectivity index (χ0n) is 11.9. The number of nitrogens with zero attached hydrogens (tertiary/aromatic N) is 2. The summed E-state index contributed by atoms with van der Waals surface area (Å²) in [5, 5.41) is 0. The highest BCUT2D eigenvalue weighted by Crippen LogP contribution is 2.28. The predicted molar refractivity (Wildman–Crippen MR) is 74.4 cm³/mol. The van der Waals surface area contributed by atoms with E-state index in [0.717, 1.165) is 32.1 Å². The van der Waals surface area contributed by atoms with Crippen LogP contribution < -0.4 is 0 Å². The van der Waals surface area contributed by atoms with Crippen molar-refractivity contribution in [1.82, 2.24) is 9.80 Å². The molecule has 1 saturated heterocycles. The Bertz CT molecular complexity index is 318. The highest BCUT2D eigenvalue weighted by Gasteiger charge is 2.29. The minimum atomic E-state index is 0.193. The van der Waals surface area contributed by atoms with Gasteiger partial charge in [-0.25, -0.2) is 0 Å². The maximum absolute atomic E-state index is 11.9. The molecule has 0 aromatic carbocycles. The fourth-order valence-corrected chi connectivity index (χ4v) is 2.70. The van der Waals surface area contributed by atoms with E-state index >= 15 is 0 Å². The zero-order valence-corrected chi connectivity index (χ0v) is 11.9. The monoisotopic (exact) mass is 250 g/mol. The van der Waals surface area contributed by atoms with Gasteiger partial charge in [0, 0.05) is 37.8 Å². The SMILES string of the molecule is CC(C)N(C/C=C/C(=O)N1CC[C@@H](C)C1)C1CC1. The highest BCUT2D eigenvalue weighted by atomic mass is 16.2. The summed E-state index contributed by atoms with van der Waals surface area (Å²) in [6.45, 7) is 9.45. The van der Waals surface area contributed by atoms with Gasteiger partial charge >= 0.3 is 0 Å². The molecule has 2 rings (SSSR count). The minimum Gasteiger partial charge on any atom is -0.339 e. The van der Waals surface area contributed by atoms with E-state index in [1.54, 1.807) is 6.08 Å². The first-order chi connectivity index (χ1) is 8.58. The van der Waals surface area contributed by atoms with E-state index < -0.39 is 0 Å². The number of carbonyl (C=O) groups excluding carboxylic acids is 1. The molecule has 1 atom stereocenters. The van der Waals surface area contributed by atoms with Gasteiger partial charge in [0.05, 0.1) is 0 Å². The number of likely N-dealkylation sites (tertiary alicyclic amines) is 1. The molecular weight excluding hydrogens is 224 g/mol. The molecule has 1 amide bonds. The Morgan fingerprint density at radius 1 is 1.39 bits per heavy atom. The van der Waals surface area contributed by atoms with Crippen LogP contribution in [0.3, 0.4) is 0 Å². The third kappa shape index (κ3) is 3.58. The summed E-state index contributed by atoms with van der Waals surface area (Å²) >= 11 is 0. The molecule has 0 aromatic heterocycles. The molecule has 102 valence electrons. The Morgan fingerprint density at radius 3 is 2.61 bits per heavy atom. The standard InChI is InChI=1S/C15H26N2O/c1-12(2)17(14-6-7-14)9-4-5-15(18)16-10-8-13(3)11-16/h4-5,12-14H,6-11H2,1-3H3/b5-4+/t13-/m1/s1. The fourth-order valence-electron chi connectivity index (χ4n) is 2.70. The second-order valence-corrected chi connectivity index (χ2v) is 6.10. The van der Waals surface area contributed by atoms with Crippen molar-refractivity contribution >= 4 is 5.91 Å². The first-order valence-corrected chi connectivity index (χ1v) is 7.29. The van der Waals surface area contributed by atoms with E-state index in [2.05, 4.69) is 25.7 Å². The van der Waals surface area contributed by atoms with Gasteiger partial charge in [0.2, 0.25) is 5.91 Å². The molecule has 3 nitrogen and oxygen atoms in total. The van der Waals surface area contributed by atoms with Gasteiger partial charge in [-0.3, -0.25) is 9.69 Å². The lowest BCUT2D eigenvalue weighted by molar-refractivity contribution is -0.125. The molecule has 3 heteroatoms. The molecule has 1 aliphatic heterocycles. The number of hydrogen-bond donors (Lipinski definition) is 0. The topological polar surface area (TPSA) is 23.6 Å². The fraction of sp³-hybridized carbons (Fsp3) is 0.800. The average Bonchev–Trinajstić information content (AvgIpc) is 3.05. The Balaban J connectivity index is 1.77. The summed E-state index contributed by atoms with van der Waals surface area (Å²) in [6, 6.07) is 1.33. The number of rotatable bonds is 5. The van der Waals surface area contributed by atoms with Crippen molar-refractivity contribution in [3.05, 3.63) is 12.2 Å². The maximum atomic E-state index is 11.9. The van der Waals surface area contributed by atoms with Crippen molar-refractivity contribution in [3.63, 3.8) is 0 Å². The third-order valence-electron chi connectivity index (χ3n) is 3.99. The maximum Gasteiger partial charge on any atom is 0.246 e. The van der Waals surface area contributed by atoms with Gasteiger partial charge in [0.1, 0.15) is 0 Å². The van der Waals surface area contributed by atoms with Crippen LogP contribution in [0.5, 0.6) is 0 Å². The number of carbonyl (C=O) groups is 1. The van der Waals surface area contributed by atoms with Crippen molar-refractivity contribution in [1.29, 1.82) is 0 Å². The lowest BCUT2D eigenvalue weighted by Gasteiger charge is -2.24. The smallest absolute Gasteiger partial charge is 0.246 e. The summed E-state index contributed by atoms with van der Waals surface area (Å²) in [6.07, 6.45) is 7.62. The summed E-state index contributed by atoms with van der Waals surface area (Å²) in [7, 11) is 0. The van der Waals surface area contributed by atoms with E-state index in [1.165, 1.54) is 12.8 Å². The normalized spacial score (nSPS) is 24.7. The first kappa shape index (κ1) is 13.6. The predicted octanol–water partition coefficient (Wildman–Crippen LogP) is 2.28. The summed E-state index contributed by atoms with van der Waals surface area (Å²) < 4.78 is 0. The number of hydrogen-bond acceptors (Lipinski definition) is 2. The first-order valence-electron chi connectivity index (χ1n) is 7.29. The minimum absolute atomic E-state index is 0.193. The number of amides is 1. The average molecular weight is 250 g/mol. The Morgan fingerprint density at radius 2 is 2.11 bits per heavy atom. The van der Waals surface area contributed by atoms with Crippen LogP contribution in [0.15, 0.2) is 12.2 Å². The molecular formula is C15H26N2O. The van der Waals surface area contributed by atoms with Crippen LogP contribution >= 0.6 is 0 Å². The van der Waals surface area contributed by atoms with E-state index in [-0.39, 0.29) is 5.91 Å². The molecule has 1 aliphatic carbocycles. The largest absolute Gasteiger partial charge is 0.339 e. The van der Waals surface area contributed by atoms with Crippen LogP contribution in [0.25, 0.3) is 0 Å². The summed E-state index contributed by atoms with van der Waals surface area (Å²) in [4.78, 5) is 16.4. The summed E-state index contributed by atoms with van der Waals surface area (Å²) in [5.41, 5.74) is 0. The van der Waals surface area contributed by atoms with Crippen LogP contribution in [0, 0.1) is 5.92 Å². The lowest BCUT2D eigenvalue weighted by atomic mass is 10.2. The molecule has 18 heavy (non-hydrogen) atoms. The second-order valence-electron chi connectivity index (χ2n) is 6.10. The molecule has 0 bridgehead atoms. The van der Waals surface area contributed by atoms with Gasteiger partial charge in [0.25, 0.3) is 0 Å². The van der Waals surface area contributed by atoms with E-state index in [4.69, 9.17) is 0 Å². The molecule has 0 N–H and O–H groups in total. The quantitative estimate of drug-likeness (QED) is 0.699. The van der Waals surface area contributed by atoms with Crippen molar-refractivity contribution in [3.8, 4) is 0 Å². The summed E-state index contributed by atoms with van der Waals surface area (Å²) in [5.74, 6) is 0.861. The van der Waals surface area contributed by atoms with E-state index in [0.29, 0.717) is 12.0 Å². The molecule has 2 aliphatic rings. The molecule has 0 radical (unpaired) electrons. The van der Waals surface area contributed by atoms with Crippen molar-refractivity contribution in [2.45, 2.75) is 52.1 Å². The van der Waals surface area contributed by atoms with Gasteiger partial charge in [0.15, 0.2) is 0 Å². The van der Waals surface area contributed by atoms with Crippen LogP contribution in [0.2, 0.25) is 0 Å². The zero-order chi connectivity index (χ0) is 13.1. The van der Waals surface area contributed by atoms with Crippen molar-refractivity contribution < 1.29 is 4.79 Å². The molecule has 0 spiro atoms. The van der Waals surface area contributed by atoms with Crippen LogP contribution in [0.1, 0.15) is 40.0 Å². The highest BCUT2D eigenvalue weighted by molar-refractivity contribution is 5.87. The van der Waals surface area contributed by atoms with Gasteiger partial charge in [-0.15, -0.1) is 0 Å². The Labute approximate surface area is 111 Å². The molecule has 0 unspecified atom stereocenters. The van der Waals surface area contributed by atoms with E-state index in [1.807, 2.05) is 11.0 Å². The van der Waals surface area contributed by atoms with Crippen LogP contribution in [-0.4, -0.2) is 47.4 Å². The lowest BCUT2D eigenvalue weighted by Crippen LogP contribution is -2.33. The van der Waals surface area contributed by atoms with Crippen LogP contribution in [-0.2, 0) is 4.79 Å². The van der Waals surface area contributed by atoms with Gasteiger partial charge < -0.3 is 4.90 Å². The van der Waals surface area contributed by atoms with Crippen molar-refractivity contribution in [2.24, 2.45) is 5.92 Å².